The number of nitrogens with zero attached hydrogens (tertiary/aromatic N) is 2. The normalized spacial score (nSPS) is 14.9. The van der Waals surface area contributed by atoms with Crippen molar-refractivity contribution in [2.24, 2.45) is 0 Å². The van der Waals surface area contributed by atoms with Crippen LogP contribution in [0.2, 0.25) is 0 Å². The van der Waals surface area contributed by atoms with E-state index in [-0.39, 0.29) is 25.8 Å². The number of hydrogen-bond acceptors (Lipinski definition) is 6. The first-order chi connectivity index (χ1) is 18.6. The number of carbonyl (C=O) groups excluding carboxylic acids is 4. The fourth-order valence-corrected chi connectivity index (χ4v) is 4.08. The number of carbonyl (C=O) groups is 4. The SMILES string of the molecule is O=C(NCc1ccccn1)C(=O)[C@@H](Cc1ccccc1)NC(=O)C1(NC(=O)c2cc(C(F)(F)F)[nH]n2)CCC1. The van der Waals surface area contributed by atoms with E-state index in [0.29, 0.717) is 23.7 Å². The highest BCUT2D eigenvalue weighted by molar-refractivity contribution is 6.38. The molecule has 2 aromatic heterocycles. The summed E-state index contributed by atoms with van der Waals surface area (Å²) in [6.07, 6.45) is -2.23. The van der Waals surface area contributed by atoms with Gasteiger partial charge in [-0.05, 0) is 37.0 Å². The Balaban J connectivity index is 1.47. The highest BCUT2D eigenvalue weighted by Crippen LogP contribution is 2.33. The van der Waals surface area contributed by atoms with E-state index in [1.54, 1.807) is 59.8 Å². The van der Waals surface area contributed by atoms with E-state index in [9.17, 15) is 32.3 Å². The summed E-state index contributed by atoms with van der Waals surface area (Å²) < 4.78 is 38.7. The number of Topliss-reactive ketones (excluding diaryl/α,β-unsaturated/α-hetero) is 1. The van der Waals surface area contributed by atoms with Crippen molar-refractivity contribution in [3.05, 3.63) is 83.4 Å². The predicted octanol–water partition coefficient (Wildman–Crippen LogP) is 2.09. The number of amides is 3. The maximum atomic E-state index is 13.4. The molecule has 204 valence electrons. The molecule has 4 N–H and O–H groups in total. The molecule has 0 saturated heterocycles. The average Bonchev–Trinajstić information content (AvgIpc) is 3.41. The minimum Gasteiger partial charge on any atom is -0.344 e. The summed E-state index contributed by atoms with van der Waals surface area (Å²) in [6, 6.07) is 13.1. The lowest BCUT2D eigenvalue weighted by Gasteiger charge is -2.41. The first kappa shape index (κ1) is 27.5. The Hall–Kier alpha value is -4.55. The fraction of sp³-hybridized carbons (Fsp3) is 0.308. The lowest BCUT2D eigenvalue weighted by molar-refractivity contribution is -0.141. The van der Waals surface area contributed by atoms with Crippen LogP contribution in [0.1, 0.15) is 46.7 Å². The maximum absolute atomic E-state index is 13.4. The molecule has 1 aromatic carbocycles. The Labute approximate surface area is 220 Å². The van der Waals surface area contributed by atoms with E-state index in [1.807, 2.05) is 0 Å². The second-order valence-corrected chi connectivity index (χ2v) is 9.14. The Morgan fingerprint density at radius 3 is 2.33 bits per heavy atom. The number of H-pyrrole nitrogens is 1. The van der Waals surface area contributed by atoms with Crippen LogP contribution in [0.25, 0.3) is 0 Å². The second-order valence-electron chi connectivity index (χ2n) is 9.14. The van der Waals surface area contributed by atoms with Crippen LogP contribution >= 0.6 is 0 Å². The average molecular weight is 543 g/mol. The number of aromatic amines is 1. The number of pyridine rings is 1. The van der Waals surface area contributed by atoms with Crippen molar-refractivity contribution in [1.82, 2.24) is 31.1 Å². The fourth-order valence-electron chi connectivity index (χ4n) is 4.08. The van der Waals surface area contributed by atoms with Crippen molar-refractivity contribution in [1.29, 1.82) is 0 Å². The maximum Gasteiger partial charge on any atom is 0.432 e. The molecule has 3 aromatic rings. The number of hydrogen-bond donors (Lipinski definition) is 4. The molecule has 0 radical (unpaired) electrons. The van der Waals surface area contributed by atoms with Gasteiger partial charge in [0.15, 0.2) is 5.69 Å². The van der Waals surface area contributed by atoms with E-state index in [1.165, 1.54) is 0 Å². The molecule has 0 bridgehead atoms. The molecule has 39 heavy (non-hydrogen) atoms. The van der Waals surface area contributed by atoms with Crippen molar-refractivity contribution >= 4 is 23.5 Å². The molecule has 1 fully saturated rings. The monoisotopic (exact) mass is 542 g/mol. The molecule has 0 spiro atoms. The molecule has 4 rings (SSSR count). The van der Waals surface area contributed by atoms with Gasteiger partial charge in [0.1, 0.15) is 17.3 Å². The third-order valence-corrected chi connectivity index (χ3v) is 6.39. The van der Waals surface area contributed by atoms with Crippen LogP contribution in [0.3, 0.4) is 0 Å². The molecular weight excluding hydrogens is 517 g/mol. The topological polar surface area (TPSA) is 146 Å². The number of alkyl halides is 3. The Kier molecular flexibility index (Phi) is 8.07. The summed E-state index contributed by atoms with van der Waals surface area (Å²) in [6.45, 7) is 0.000982. The van der Waals surface area contributed by atoms with Crippen LogP contribution in [0.5, 0.6) is 0 Å². The number of ketones is 1. The minimum atomic E-state index is -4.72. The van der Waals surface area contributed by atoms with Gasteiger partial charge < -0.3 is 16.0 Å². The lowest BCUT2D eigenvalue weighted by Crippen LogP contribution is -2.65. The molecular formula is C26H25F3N6O4. The Morgan fingerprint density at radius 1 is 1.03 bits per heavy atom. The first-order valence-electron chi connectivity index (χ1n) is 12.1. The molecule has 1 aliphatic carbocycles. The summed E-state index contributed by atoms with van der Waals surface area (Å²) in [5.41, 5.74) is -1.99. The largest absolute Gasteiger partial charge is 0.432 e. The highest BCUT2D eigenvalue weighted by atomic mass is 19.4. The second kappa shape index (κ2) is 11.5. The number of rotatable bonds is 10. The van der Waals surface area contributed by atoms with Gasteiger partial charge in [-0.1, -0.05) is 36.4 Å². The molecule has 1 atom stereocenters. The van der Waals surface area contributed by atoms with Gasteiger partial charge in [0.2, 0.25) is 11.7 Å². The van der Waals surface area contributed by atoms with Gasteiger partial charge in [-0.25, -0.2) is 0 Å². The zero-order valence-corrected chi connectivity index (χ0v) is 20.5. The van der Waals surface area contributed by atoms with Crippen LogP contribution in [0.4, 0.5) is 13.2 Å². The highest BCUT2D eigenvalue weighted by Gasteiger charge is 2.47. The number of aromatic nitrogens is 3. The third kappa shape index (κ3) is 6.67. The lowest BCUT2D eigenvalue weighted by atomic mass is 9.75. The van der Waals surface area contributed by atoms with Crippen LogP contribution < -0.4 is 16.0 Å². The smallest absolute Gasteiger partial charge is 0.344 e. The Morgan fingerprint density at radius 2 is 1.74 bits per heavy atom. The van der Waals surface area contributed by atoms with Gasteiger partial charge >= 0.3 is 6.18 Å². The number of nitrogens with one attached hydrogen (secondary N) is 4. The van der Waals surface area contributed by atoms with E-state index in [2.05, 4.69) is 26.0 Å². The minimum absolute atomic E-state index is 0.000750. The molecule has 3 amide bonds. The third-order valence-electron chi connectivity index (χ3n) is 6.39. The van der Waals surface area contributed by atoms with Crippen LogP contribution in [0, 0.1) is 0 Å². The molecule has 10 nitrogen and oxygen atoms in total. The standard InChI is InChI=1S/C26H25F3N6O4/c27-26(28,29)20-14-19(34-35-20)22(37)33-25(10-6-11-25)24(39)32-18(13-16-7-2-1-3-8-16)21(36)23(38)31-15-17-9-4-5-12-30-17/h1-5,7-9,12,14,18H,6,10-11,13,15H2,(H,31,38)(H,32,39)(H,33,37)(H,34,35)/t18-/m1/s1. The van der Waals surface area contributed by atoms with E-state index < -0.39 is 52.6 Å². The predicted molar refractivity (Wildman–Crippen MR) is 131 cm³/mol. The van der Waals surface area contributed by atoms with Crippen LogP contribution in [0.15, 0.2) is 60.8 Å². The summed E-state index contributed by atoms with van der Waals surface area (Å²) in [7, 11) is 0. The van der Waals surface area contributed by atoms with Gasteiger partial charge in [-0.15, -0.1) is 0 Å². The van der Waals surface area contributed by atoms with Gasteiger partial charge in [0.05, 0.1) is 12.2 Å². The van der Waals surface area contributed by atoms with Gasteiger partial charge in [-0.2, -0.15) is 18.3 Å². The van der Waals surface area contributed by atoms with Gasteiger partial charge in [0, 0.05) is 18.7 Å². The molecule has 0 unspecified atom stereocenters. The molecule has 0 aliphatic heterocycles. The van der Waals surface area contributed by atoms with Crippen LogP contribution in [-0.4, -0.2) is 50.3 Å². The molecule has 13 heteroatoms. The van der Waals surface area contributed by atoms with Crippen molar-refractivity contribution in [2.75, 3.05) is 0 Å². The quantitative estimate of drug-likeness (QED) is 0.289. The van der Waals surface area contributed by atoms with Gasteiger partial charge in [0.25, 0.3) is 11.8 Å². The van der Waals surface area contributed by atoms with E-state index >= 15 is 0 Å². The van der Waals surface area contributed by atoms with Crippen molar-refractivity contribution in [2.45, 2.75) is 50.0 Å². The molecule has 2 heterocycles. The van der Waals surface area contributed by atoms with Crippen LogP contribution in [-0.2, 0) is 33.5 Å². The van der Waals surface area contributed by atoms with Crippen molar-refractivity contribution in [3.63, 3.8) is 0 Å². The van der Waals surface area contributed by atoms with E-state index in [0.717, 1.165) is 0 Å². The summed E-state index contributed by atoms with van der Waals surface area (Å²) in [5, 5.41) is 12.7. The van der Waals surface area contributed by atoms with Crippen molar-refractivity contribution < 1.29 is 32.3 Å². The Bertz CT molecular complexity index is 1340. The zero-order chi connectivity index (χ0) is 28.0. The molecule has 1 aliphatic rings. The first-order valence-corrected chi connectivity index (χ1v) is 12.1. The zero-order valence-electron chi connectivity index (χ0n) is 20.5. The molecule has 1 saturated carbocycles. The summed E-state index contributed by atoms with van der Waals surface area (Å²) in [5.74, 6) is -3.52. The number of benzene rings is 1. The summed E-state index contributed by atoms with van der Waals surface area (Å²) >= 11 is 0. The van der Waals surface area contributed by atoms with Crippen molar-refractivity contribution in [3.8, 4) is 0 Å². The van der Waals surface area contributed by atoms with Gasteiger partial charge in [-0.3, -0.25) is 29.3 Å². The summed E-state index contributed by atoms with van der Waals surface area (Å²) in [4.78, 5) is 55.9. The van der Waals surface area contributed by atoms with E-state index in [4.69, 9.17) is 0 Å². The number of halogens is 3.